The Hall–Kier alpha value is -1.71. The maximum atomic E-state index is 12.7. The molecule has 0 saturated carbocycles. The van der Waals surface area contributed by atoms with E-state index in [1.807, 2.05) is 0 Å². The van der Waals surface area contributed by atoms with E-state index in [9.17, 15) is 22.8 Å². The number of halogens is 5. The van der Waals surface area contributed by atoms with E-state index in [4.69, 9.17) is 23.2 Å². The number of hydrogen-bond acceptors (Lipinski definition) is 4. The van der Waals surface area contributed by atoms with Crippen molar-refractivity contribution >= 4 is 46.6 Å². The third-order valence-corrected chi connectivity index (χ3v) is 4.68. The second kappa shape index (κ2) is 7.67. The van der Waals surface area contributed by atoms with Gasteiger partial charge in [0.05, 0.1) is 21.0 Å². The molecule has 1 unspecified atom stereocenters. The van der Waals surface area contributed by atoms with E-state index in [-0.39, 0.29) is 20.9 Å². The van der Waals surface area contributed by atoms with Crippen molar-refractivity contribution in [2.45, 2.75) is 23.5 Å². The summed E-state index contributed by atoms with van der Waals surface area (Å²) in [6.45, 7) is 1.44. The fraction of sp³-hybridized carbons (Fsp3) is 0.214. The number of rotatable bonds is 4. The highest BCUT2D eigenvalue weighted by Crippen LogP contribution is 2.31. The molecule has 0 bridgehead atoms. The highest BCUT2D eigenvalue weighted by atomic mass is 35.5. The van der Waals surface area contributed by atoms with Gasteiger partial charge in [0.1, 0.15) is 0 Å². The van der Waals surface area contributed by atoms with Gasteiger partial charge in [-0.2, -0.15) is 13.2 Å². The maximum Gasteiger partial charge on any atom is 0.433 e. The van der Waals surface area contributed by atoms with Crippen LogP contribution in [0.5, 0.6) is 0 Å². The zero-order valence-corrected chi connectivity index (χ0v) is 14.8. The Morgan fingerprint density at radius 3 is 2.68 bits per heavy atom. The van der Waals surface area contributed by atoms with Crippen LogP contribution in [-0.4, -0.2) is 21.1 Å². The Morgan fingerprint density at radius 1 is 1.36 bits per heavy atom. The molecule has 2 N–H and O–H groups in total. The summed E-state index contributed by atoms with van der Waals surface area (Å²) in [7, 11) is 0. The lowest BCUT2D eigenvalue weighted by atomic mass is 10.3. The topological polar surface area (TPSA) is 74.8 Å². The molecule has 25 heavy (non-hydrogen) atoms. The standard InChI is InChI=1S/C14H10Cl2F3N3O2S/c1-6(12(24)20-8-4-2-3-7(15)11(8)16)25-13-21-9(14(17,18)19)5-10(23)22-13/h2-6H,1H3,(H,20,24)(H,21,22,23). The van der Waals surface area contributed by atoms with Gasteiger partial charge in [-0.25, -0.2) is 4.98 Å². The number of hydrogen-bond donors (Lipinski definition) is 2. The zero-order valence-electron chi connectivity index (χ0n) is 12.4. The predicted molar refractivity (Wildman–Crippen MR) is 90.3 cm³/mol. The van der Waals surface area contributed by atoms with Crippen molar-refractivity contribution in [1.82, 2.24) is 9.97 Å². The normalized spacial score (nSPS) is 12.7. The average Bonchev–Trinajstić information content (AvgIpc) is 2.50. The number of aromatic nitrogens is 2. The van der Waals surface area contributed by atoms with Crippen molar-refractivity contribution in [3.8, 4) is 0 Å². The minimum absolute atomic E-state index is 0.139. The Morgan fingerprint density at radius 2 is 2.04 bits per heavy atom. The average molecular weight is 412 g/mol. The van der Waals surface area contributed by atoms with Crippen LogP contribution in [0.2, 0.25) is 10.0 Å². The molecule has 0 spiro atoms. The fourth-order valence-corrected chi connectivity index (χ4v) is 2.85. The number of amides is 1. The molecule has 2 aromatic rings. The van der Waals surface area contributed by atoms with Crippen molar-refractivity contribution in [3.05, 3.63) is 50.4 Å². The van der Waals surface area contributed by atoms with Gasteiger partial charge < -0.3 is 10.3 Å². The van der Waals surface area contributed by atoms with E-state index in [0.717, 1.165) is 0 Å². The molecule has 0 saturated heterocycles. The van der Waals surface area contributed by atoms with Gasteiger partial charge in [0.15, 0.2) is 10.9 Å². The van der Waals surface area contributed by atoms with Crippen molar-refractivity contribution in [2.75, 3.05) is 5.32 Å². The fourth-order valence-electron chi connectivity index (χ4n) is 1.69. The van der Waals surface area contributed by atoms with Crippen LogP contribution in [0, 0.1) is 0 Å². The van der Waals surface area contributed by atoms with E-state index in [1.165, 1.54) is 19.1 Å². The van der Waals surface area contributed by atoms with Gasteiger partial charge in [-0.15, -0.1) is 0 Å². The highest BCUT2D eigenvalue weighted by molar-refractivity contribution is 8.00. The minimum atomic E-state index is -4.76. The number of nitrogens with one attached hydrogen (secondary N) is 2. The number of aromatic amines is 1. The molecule has 0 aliphatic heterocycles. The van der Waals surface area contributed by atoms with Crippen LogP contribution in [0.4, 0.5) is 18.9 Å². The summed E-state index contributed by atoms with van der Waals surface area (Å²) >= 11 is 12.5. The number of nitrogens with zero attached hydrogens (tertiary/aromatic N) is 1. The largest absolute Gasteiger partial charge is 0.433 e. The van der Waals surface area contributed by atoms with Crippen LogP contribution in [0.1, 0.15) is 12.6 Å². The number of alkyl halides is 3. The van der Waals surface area contributed by atoms with Gasteiger partial charge in [0.2, 0.25) is 5.91 Å². The van der Waals surface area contributed by atoms with Crippen LogP contribution in [-0.2, 0) is 11.0 Å². The number of anilines is 1. The van der Waals surface area contributed by atoms with E-state index >= 15 is 0 Å². The van der Waals surface area contributed by atoms with Crippen molar-refractivity contribution in [3.63, 3.8) is 0 Å². The predicted octanol–water partition coefficient (Wildman–Crippen LogP) is 4.21. The second-order valence-electron chi connectivity index (χ2n) is 4.78. The van der Waals surface area contributed by atoms with Crippen LogP contribution >= 0.6 is 35.0 Å². The molecule has 0 fully saturated rings. The Kier molecular flexibility index (Phi) is 6.02. The van der Waals surface area contributed by atoms with E-state index in [2.05, 4.69) is 15.3 Å². The Balaban J connectivity index is 2.15. The smallest absolute Gasteiger partial charge is 0.324 e. The molecular formula is C14H10Cl2F3N3O2S. The maximum absolute atomic E-state index is 12.7. The summed E-state index contributed by atoms with van der Waals surface area (Å²) in [5, 5.41) is 1.71. The van der Waals surface area contributed by atoms with Gasteiger partial charge >= 0.3 is 6.18 Å². The first-order valence-corrected chi connectivity index (χ1v) is 8.31. The first kappa shape index (κ1) is 19.6. The molecule has 134 valence electrons. The summed E-state index contributed by atoms with van der Waals surface area (Å²) in [5.74, 6) is -0.547. The summed E-state index contributed by atoms with van der Waals surface area (Å²) in [6, 6.07) is 4.98. The van der Waals surface area contributed by atoms with Crippen LogP contribution in [0.3, 0.4) is 0 Å². The number of carbonyl (C=O) groups is 1. The summed E-state index contributed by atoms with van der Waals surface area (Å²) < 4.78 is 38.0. The van der Waals surface area contributed by atoms with Crippen LogP contribution < -0.4 is 10.9 Å². The molecule has 0 aliphatic rings. The molecule has 1 aromatic heterocycles. The summed E-state index contributed by atoms with van der Waals surface area (Å²) in [5.41, 5.74) is -2.03. The first-order chi connectivity index (χ1) is 11.6. The van der Waals surface area contributed by atoms with Crippen molar-refractivity contribution in [1.29, 1.82) is 0 Å². The first-order valence-electron chi connectivity index (χ1n) is 6.68. The second-order valence-corrected chi connectivity index (χ2v) is 6.90. The number of thioether (sulfide) groups is 1. The number of benzene rings is 1. The SMILES string of the molecule is CC(Sc1nc(C(F)(F)F)cc(=O)[nH]1)C(=O)Nc1cccc(Cl)c1Cl. The van der Waals surface area contributed by atoms with E-state index in [1.54, 1.807) is 6.07 Å². The van der Waals surface area contributed by atoms with Gasteiger partial charge in [0, 0.05) is 6.07 Å². The van der Waals surface area contributed by atoms with Crippen LogP contribution in [0.25, 0.3) is 0 Å². The van der Waals surface area contributed by atoms with Gasteiger partial charge in [-0.05, 0) is 19.1 Å². The Labute approximate surface area is 153 Å². The van der Waals surface area contributed by atoms with Gasteiger partial charge in [0.25, 0.3) is 5.56 Å². The molecule has 1 heterocycles. The van der Waals surface area contributed by atoms with E-state index < -0.39 is 28.6 Å². The third-order valence-electron chi connectivity index (χ3n) is 2.88. The molecule has 0 aliphatic carbocycles. The van der Waals surface area contributed by atoms with Crippen molar-refractivity contribution in [2.24, 2.45) is 0 Å². The molecule has 2 rings (SSSR count). The quantitative estimate of drug-likeness (QED) is 0.583. The number of carbonyl (C=O) groups excluding carboxylic acids is 1. The lowest BCUT2D eigenvalue weighted by Gasteiger charge is -2.13. The molecule has 1 amide bonds. The molecular weight excluding hydrogens is 402 g/mol. The van der Waals surface area contributed by atoms with E-state index in [0.29, 0.717) is 17.8 Å². The molecule has 1 atom stereocenters. The Bertz CT molecular complexity index is 858. The lowest BCUT2D eigenvalue weighted by Crippen LogP contribution is -2.24. The van der Waals surface area contributed by atoms with Gasteiger partial charge in [-0.3, -0.25) is 9.59 Å². The lowest BCUT2D eigenvalue weighted by molar-refractivity contribution is -0.141. The molecule has 5 nitrogen and oxygen atoms in total. The van der Waals surface area contributed by atoms with Crippen molar-refractivity contribution < 1.29 is 18.0 Å². The monoisotopic (exact) mass is 411 g/mol. The third kappa shape index (κ3) is 5.13. The molecule has 11 heteroatoms. The van der Waals surface area contributed by atoms with Gasteiger partial charge in [-0.1, -0.05) is 41.0 Å². The highest BCUT2D eigenvalue weighted by Gasteiger charge is 2.33. The molecule has 0 radical (unpaired) electrons. The minimum Gasteiger partial charge on any atom is -0.324 e. The summed E-state index contributed by atoms with van der Waals surface area (Å²) in [4.78, 5) is 29.0. The number of H-pyrrole nitrogens is 1. The van der Waals surface area contributed by atoms with Crippen LogP contribution in [0.15, 0.2) is 34.2 Å². The zero-order chi connectivity index (χ0) is 18.8. The molecule has 1 aromatic carbocycles. The summed E-state index contributed by atoms with van der Waals surface area (Å²) in [6.07, 6.45) is -4.76.